The van der Waals surface area contributed by atoms with Crippen molar-refractivity contribution in [2.24, 2.45) is 82.9 Å². The molecule has 0 bridgehead atoms. The zero-order valence-corrected chi connectivity index (χ0v) is 36.9. The molecule has 0 aromatic heterocycles. The van der Waals surface area contributed by atoms with Gasteiger partial charge in [-0.1, -0.05) is 151 Å². The molecule has 0 aromatic carbocycles. The summed E-state index contributed by atoms with van der Waals surface area (Å²) in [5, 5.41) is 0. The predicted molar refractivity (Wildman–Crippen MR) is 230 cm³/mol. The van der Waals surface area contributed by atoms with E-state index in [1.807, 2.05) is 0 Å². The first-order valence-electron chi connectivity index (χ1n) is 23.7. The highest BCUT2D eigenvalue weighted by Gasteiger charge is 2.41. The molecule has 298 valence electrons. The Morgan fingerprint density at radius 3 is 2.18 bits per heavy atom. The second-order valence-electron chi connectivity index (χ2n) is 20.4. The molecule has 0 amide bonds. The lowest BCUT2D eigenvalue weighted by atomic mass is 9.67. The van der Waals surface area contributed by atoms with Crippen LogP contribution in [-0.4, -0.2) is 0 Å². The van der Waals surface area contributed by atoms with E-state index in [0.717, 1.165) is 71.0 Å². The minimum Gasteiger partial charge on any atom is -0.0996 e. The van der Waals surface area contributed by atoms with E-state index in [9.17, 15) is 0 Å². The van der Waals surface area contributed by atoms with Gasteiger partial charge in [-0.25, -0.2) is 0 Å². The Balaban J connectivity index is 1.48. The molecule has 0 N–H and O–H groups in total. The molecule has 0 saturated heterocycles. The second-order valence-corrected chi connectivity index (χ2v) is 20.4. The van der Waals surface area contributed by atoms with Crippen LogP contribution in [0.15, 0.2) is 23.8 Å². The molecule has 0 nitrogen and oxygen atoms in total. The molecular formula is C51H94. The number of allylic oxidation sites excluding steroid dienone is 3. The van der Waals surface area contributed by atoms with E-state index < -0.39 is 0 Å². The summed E-state index contributed by atoms with van der Waals surface area (Å²) in [4.78, 5) is 0. The average Bonchev–Trinajstić information content (AvgIpc) is 3.48. The molecule has 0 radical (unpaired) electrons. The summed E-state index contributed by atoms with van der Waals surface area (Å²) in [6, 6.07) is 0. The fraction of sp³-hybridized carbons (Fsp3) is 0.922. The lowest BCUT2D eigenvalue weighted by Crippen LogP contribution is -2.28. The number of fused-ring (bicyclic) bond motifs is 1. The molecule has 0 heterocycles. The summed E-state index contributed by atoms with van der Waals surface area (Å²) in [5.41, 5.74) is 3.17. The Kier molecular flexibility index (Phi) is 20.6. The van der Waals surface area contributed by atoms with Gasteiger partial charge in [-0.05, 0) is 173 Å². The number of rotatable bonds is 22. The molecule has 0 spiro atoms. The predicted octanol–water partition coefficient (Wildman–Crippen LogP) is 16.9. The van der Waals surface area contributed by atoms with Crippen molar-refractivity contribution in [1.82, 2.24) is 0 Å². The van der Waals surface area contributed by atoms with Gasteiger partial charge < -0.3 is 0 Å². The summed E-state index contributed by atoms with van der Waals surface area (Å²) in [6.45, 7) is 32.3. The standard InChI is InChI=1S/C51H94/c1-13-19-46-31-37(6)20-17-18-21-49(46)40(9)24-23-38(7)30-39(8)32-47-27-28-48-35-45(26-29-50(47)48)34-43(12)51(41(10)25-22-36(5)14-2)42(11)33-44(15-3)16-4/h22,37-42,44-51H,12-21,23-35H2,1-11H3/b36-22-. The highest BCUT2D eigenvalue weighted by molar-refractivity contribution is 5.09. The van der Waals surface area contributed by atoms with Crippen LogP contribution in [0.25, 0.3) is 0 Å². The van der Waals surface area contributed by atoms with Gasteiger partial charge in [0.1, 0.15) is 0 Å². The van der Waals surface area contributed by atoms with Crippen LogP contribution in [-0.2, 0) is 0 Å². The van der Waals surface area contributed by atoms with E-state index in [-0.39, 0.29) is 0 Å². The van der Waals surface area contributed by atoms with Crippen LogP contribution in [0.5, 0.6) is 0 Å². The molecule has 51 heavy (non-hydrogen) atoms. The largest absolute Gasteiger partial charge is 0.0996 e. The van der Waals surface area contributed by atoms with Gasteiger partial charge in [-0.2, -0.15) is 0 Å². The monoisotopic (exact) mass is 707 g/mol. The molecule has 3 aliphatic rings. The van der Waals surface area contributed by atoms with Gasteiger partial charge in [0.05, 0.1) is 0 Å². The quantitative estimate of drug-likeness (QED) is 0.0983. The van der Waals surface area contributed by atoms with Gasteiger partial charge in [0, 0.05) is 0 Å². The van der Waals surface area contributed by atoms with Crippen molar-refractivity contribution >= 4 is 0 Å². The van der Waals surface area contributed by atoms with Crippen molar-refractivity contribution in [3.8, 4) is 0 Å². The van der Waals surface area contributed by atoms with Crippen LogP contribution < -0.4 is 0 Å². The van der Waals surface area contributed by atoms with E-state index in [1.54, 1.807) is 11.1 Å². The van der Waals surface area contributed by atoms with Crippen molar-refractivity contribution in [3.63, 3.8) is 0 Å². The van der Waals surface area contributed by atoms with E-state index in [2.05, 4.69) is 82.2 Å². The van der Waals surface area contributed by atoms with E-state index in [1.165, 1.54) is 141 Å². The average molecular weight is 707 g/mol. The first-order valence-corrected chi connectivity index (χ1v) is 23.7. The lowest BCUT2D eigenvalue weighted by molar-refractivity contribution is 0.143. The van der Waals surface area contributed by atoms with E-state index >= 15 is 0 Å². The van der Waals surface area contributed by atoms with Gasteiger partial charge in [-0.15, -0.1) is 0 Å². The van der Waals surface area contributed by atoms with Crippen LogP contribution >= 0.6 is 0 Å². The molecule has 0 aromatic rings. The minimum absolute atomic E-state index is 0.671. The van der Waals surface area contributed by atoms with Crippen molar-refractivity contribution < 1.29 is 0 Å². The molecule has 13 atom stereocenters. The Hall–Kier alpha value is -0.520. The van der Waals surface area contributed by atoms with Gasteiger partial charge in [0.25, 0.3) is 0 Å². The summed E-state index contributed by atoms with van der Waals surface area (Å²) < 4.78 is 0. The zero-order valence-electron chi connectivity index (χ0n) is 36.9. The van der Waals surface area contributed by atoms with E-state index in [4.69, 9.17) is 6.58 Å². The van der Waals surface area contributed by atoms with Gasteiger partial charge in [-0.3, -0.25) is 0 Å². The third kappa shape index (κ3) is 14.6. The minimum atomic E-state index is 0.671. The van der Waals surface area contributed by atoms with Crippen molar-refractivity contribution in [2.45, 2.75) is 217 Å². The molecule has 3 fully saturated rings. The van der Waals surface area contributed by atoms with Crippen molar-refractivity contribution in [3.05, 3.63) is 23.8 Å². The Morgan fingerprint density at radius 1 is 0.765 bits per heavy atom. The van der Waals surface area contributed by atoms with Gasteiger partial charge in [0.2, 0.25) is 0 Å². The van der Waals surface area contributed by atoms with Crippen LogP contribution in [0.2, 0.25) is 0 Å². The highest BCUT2D eigenvalue weighted by atomic mass is 14.5. The molecular weight excluding hydrogens is 613 g/mol. The van der Waals surface area contributed by atoms with Crippen molar-refractivity contribution in [1.29, 1.82) is 0 Å². The number of hydrogen-bond donors (Lipinski definition) is 0. The molecule has 3 aliphatic carbocycles. The first-order chi connectivity index (χ1) is 24.4. The maximum atomic E-state index is 4.92. The topological polar surface area (TPSA) is 0 Å². The fourth-order valence-corrected chi connectivity index (χ4v) is 12.9. The maximum Gasteiger partial charge on any atom is -0.0151 e. The van der Waals surface area contributed by atoms with Crippen LogP contribution in [0.3, 0.4) is 0 Å². The summed E-state index contributed by atoms with van der Waals surface area (Å²) in [7, 11) is 0. The third-order valence-electron chi connectivity index (χ3n) is 16.0. The smallest absolute Gasteiger partial charge is 0.0151 e. The van der Waals surface area contributed by atoms with Crippen LogP contribution in [0.1, 0.15) is 217 Å². The third-order valence-corrected chi connectivity index (χ3v) is 16.0. The Morgan fingerprint density at radius 2 is 1.49 bits per heavy atom. The second kappa shape index (κ2) is 23.4. The SMILES string of the molecule is C=C(CC1CCC2C(CC(C)CC(C)CCC(C)C3CCCCC(C)CC3CCC)CCC2C1)C(C(C)C/C=C(/C)CC)C(C)CC(CC)CC. The molecule has 0 heteroatoms. The Bertz CT molecular complexity index is 967. The highest BCUT2D eigenvalue weighted by Crippen LogP contribution is 2.52. The zero-order chi connectivity index (χ0) is 37.5. The summed E-state index contributed by atoms with van der Waals surface area (Å²) in [5.74, 6) is 12.5. The normalized spacial score (nSPS) is 31.3. The van der Waals surface area contributed by atoms with Gasteiger partial charge in [0.15, 0.2) is 0 Å². The van der Waals surface area contributed by atoms with E-state index in [0.29, 0.717) is 11.8 Å². The first kappa shape index (κ1) is 44.9. The van der Waals surface area contributed by atoms with Crippen LogP contribution in [0, 0.1) is 82.9 Å². The maximum absolute atomic E-state index is 4.92. The number of hydrogen-bond acceptors (Lipinski definition) is 0. The summed E-state index contributed by atoms with van der Waals surface area (Å²) in [6.07, 6.45) is 34.0. The Labute approximate surface area is 323 Å². The lowest BCUT2D eigenvalue weighted by Gasteiger charge is -2.38. The molecule has 3 rings (SSSR count). The fourth-order valence-electron chi connectivity index (χ4n) is 12.9. The molecule has 3 saturated carbocycles. The molecule has 0 aliphatic heterocycles. The summed E-state index contributed by atoms with van der Waals surface area (Å²) >= 11 is 0. The van der Waals surface area contributed by atoms with Crippen LogP contribution in [0.4, 0.5) is 0 Å². The van der Waals surface area contributed by atoms with Gasteiger partial charge >= 0.3 is 0 Å². The van der Waals surface area contributed by atoms with Crippen molar-refractivity contribution in [2.75, 3.05) is 0 Å². The molecule has 13 unspecified atom stereocenters.